The summed E-state index contributed by atoms with van der Waals surface area (Å²) in [6.07, 6.45) is 19.7. The van der Waals surface area contributed by atoms with Crippen LogP contribution in [0.5, 0.6) is 0 Å². The molecule has 0 aromatic rings. The average Bonchev–Trinajstić information content (AvgIpc) is 2.43. The molecule has 0 aromatic carbocycles. The summed E-state index contributed by atoms with van der Waals surface area (Å²) in [5.41, 5.74) is -1.30. The Balaban J connectivity index is 1.90. The first kappa shape index (κ1) is 16.0. The van der Waals surface area contributed by atoms with Crippen molar-refractivity contribution < 1.29 is 10.2 Å². The number of hydrogen-bond donors (Lipinski definition) is 2. The first-order chi connectivity index (χ1) is 9.62. The van der Waals surface area contributed by atoms with Gasteiger partial charge in [-0.15, -0.1) is 0 Å². The van der Waals surface area contributed by atoms with Gasteiger partial charge in [-0.2, -0.15) is 0 Å². The molecular weight excluding hydrogens is 248 g/mol. The molecule has 2 atom stereocenters. The van der Waals surface area contributed by atoms with Gasteiger partial charge in [-0.3, -0.25) is 0 Å². The highest BCUT2D eigenvalue weighted by molar-refractivity contribution is 5.14. The van der Waals surface area contributed by atoms with E-state index in [2.05, 4.69) is 0 Å². The van der Waals surface area contributed by atoms with Crippen molar-refractivity contribution in [2.75, 3.05) is 0 Å². The van der Waals surface area contributed by atoms with Crippen molar-refractivity contribution in [1.82, 2.24) is 0 Å². The largest absolute Gasteiger partial charge is 0.386 e. The van der Waals surface area contributed by atoms with E-state index in [4.69, 9.17) is 0 Å². The second-order valence-electron chi connectivity index (χ2n) is 7.08. The zero-order chi connectivity index (χ0) is 14.3. The number of aliphatic hydroxyl groups is 2. The summed E-state index contributed by atoms with van der Waals surface area (Å²) in [5.74, 6) is 0. The maximum absolute atomic E-state index is 10.5. The molecule has 2 heteroatoms. The Kier molecular flexibility index (Phi) is 6.10. The van der Waals surface area contributed by atoms with Crippen LogP contribution in [0.3, 0.4) is 0 Å². The fourth-order valence-corrected chi connectivity index (χ4v) is 3.60. The molecule has 3 aliphatic carbocycles. The van der Waals surface area contributed by atoms with E-state index in [1.165, 1.54) is 51.4 Å². The van der Waals surface area contributed by atoms with E-state index in [1.807, 2.05) is 12.2 Å². The van der Waals surface area contributed by atoms with Crippen LogP contribution in [-0.2, 0) is 0 Å². The first-order valence-corrected chi connectivity index (χ1v) is 8.77. The molecule has 0 radical (unpaired) electrons. The van der Waals surface area contributed by atoms with Gasteiger partial charge in [0.15, 0.2) is 0 Å². The van der Waals surface area contributed by atoms with E-state index in [1.54, 1.807) is 0 Å². The molecular formula is C18H32O2. The molecule has 0 amide bonds. The SMILES string of the molecule is OC12C=CC(O)(CCCCCCCCCCCC1)CC2. The molecule has 1 saturated carbocycles. The monoisotopic (exact) mass is 280 g/mol. The predicted molar refractivity (Wildman–Crippen MR) is 83.7 cm³/mol. The predicted octanol–water partition coefficient (Wildman–Crippen LogP) is 4.49. The quantitative estimate of drug-likeness (QED) is 0.642. The van der Waals surface area contributed by atoms with Crippen molar-refractivity contribution in [2.24, 2.45) is 0 Å². The molecule has 1 fully saturated rings. The van der Waals surface area contributed by atoms with Crippen molar-refractivity contribution in [1.29, 1.82) is 0 Å². The highest BCUT2D eigenvalue weighted by atomic mass is 16.3. The summed E-state index contributed by atoms with van der Waals surface area (Å²) >= 11 is 0. The third kappa shape index (κ3) is 5.21. The van der Waals surface area contributed by atoms with Crippen LogP contribution in [-0.4, -0.2) is 21.4 Å². The normalized spacial score (nSPS) is 37.9. The van der Waals surface area contributed by atoms with Gasteiger partial charge in [-0.1, -0.05) is 76.4 Å². The number of hydrogen-bond acceptors (Lipinski definition) is 2. The Hall–Kier alpha value is -0.340. The highest BCUT2D eigenvalue weighted by Crippen LogP contribution is 2.35. The summed E-state index contributed by atoms with van der Waals surface area (Å²) in [7, 11) is 0. The van der Waals surface area contributed by atoms with Gasteiger partial charge in [0.1, 0.15) is 0 Å². The highest BCUT2D eigenvalue weighted by Gasteiger charge is 2.34. The second kappa shape index (κ2) is 7.61. The first-order valence-electron chi connectivity index (χ1n) is 8.77. The lowest BCUT2D eigenvalue weighted by Gasteiger charge is -2.36. The van der Waals surface area contributed by atoms with Gasteiger partial charge in [0, 0.05) is 0 Å². The summed E-state index contributed by atoms with van der Waals surface area (Å²) in [5, 5.41) is 21.1. The molecule has 2 N–H and O–H groups in total. The van der Waals surface area contributed by atoms with Gasteiger partial charge >= 0.3 is 0 Å². The van der Waals surface area contributed by atoms with Gasteiger partial charge in [0.25, 0.3) is 0 Å². The van der Waals surface area contributed by atoms with Crippen LogP contribution in [0.1, 0.15) is 89.9 Å². The van der Waals surface area contributed by atoms with Crippen molar-refractivity contribution in [3.05, 3.63) is 12.2 Å². The molecule has 2 bridgehead atoms. The topological polar surface area (TPSA) is 40.5 Å². The van der Waals surface area contributed by atoms with E-state index >= 15 is 0 Å². The summed E-state index contributed by atoms with van der Waals surface area (Å²) in [4.78, 5) is 0. The molecule has 0 aliphatic heterocycles. The fourth-order valence-electron chi connectivity index (χ4n) is 3.60. The lowest BCUT2D eigenvalue weighted by molar-refractivity contribution is -0.000238. The van der Waals surface area contributed by atoms with Crippen LogP contribution in [0.15, 0.2) is 12.2 Å². The van der Waals surface area contributed by atoms with Crippen LogP contribution in [0.25, 0.3) is 0 Å². The molecule has 20 heavy (non-hydrogen) atoms. The smallest absolute Gasteiger partial charge is 0.0829 e. The lowest BCUT2D eigenvalue weighted by atomic mass is 9.77. The molecule has 116 valence electrons. The molecule has 0 saturated heterocycles. The number of rotatable bonds is 0. The molecule has 3 aliphatic rings. The Morgan fingerprint density at radius 3 is 1.05 bits per heavy atom. The maximum Gasteiger partial charge on any atom is 0.0829 e. The van der Waals surface area contributed by atoms with Gasteiger partial charge in [0.05, 0.1) is 11.2 Å². The molecule has 0 spiro atoms. The van der Waals surface area contributed by atoms with Gasteiger partial charge in [-0.05, 0) is 25.7 Å². The average molecular weight is 280 g/mol. The van der Waals surface area contributed by atoms with Crippen LogP contribution in [0.2, 0.25) is 0 Å². The van der Waals surface area contributed by atoms with E-state index in [9.17, 15) is 10.2 Å². The van der Waals surface area contributed by atoms with E-state index in [0.29, 0.717) is 0 Å². The van der Waals surface area contributed by atoms with Gasteiger partial charge in [-0.25, -0.2) is 0 Å². The third-order valence-corrected chi connectivity index (χ3v) is 5.16. The van der Waals surface area contributed by atoms with Crippen molar-refractivity contribution in [3.63, 3.8) is 0 Å². The Morgan fingerprint density at radius 2 is 0.750 bits per heavy atom. The van der Waals surface area contributed by atoms with E-state index in [-0.39, 0.29) is 0 Å². The van der Waals surface area contributed by atoms with Gasteiger partial charge in [0.2, 0.25) is 0 Å². The Morgan fingerprint density at radius 1 is 0.450 bits per heavy atom. The third-order valence-electron chi connectivity index (χ3n) is 5.16. The zero-order valence-corrected chi connectivity index (χ0v) is 12.9. The van der Waals surface area contributed by atoms with E-state index in [0.717, 1.165) is 38.5 Å². The summed E-state index contributed by atoms with van der Waals surface area (Å²) in [6, 6.07) is 0. The standard InChI is InChI=1S/C18H32O2/c19-17-11-9-7-5-3-1-2-4-6-8-10-12-18(20,15-13-17)16-14-17/h13,15,19-20H,1-12,14,16H2. The van der Waals surface area contributed by atoms with E-state index < -0.39 is 11.2 Å². The van der Waals surface area contributed by atoms with Crippen molar-refractivity contribution >= 4 is 0 Å². The zero-order valence-electron chi connectivity index (χ0n) is 12.9. The Bertz CT molecular complexity index is 283. The molecule has 2 unspecified atom stereocenters. The fraction of sp³-hybridized carbons (Fsp3) is 0.889. The van der Waals surface area contributed by atoms with Gasteiger partial charge < -0.3 is 10.2 Å². The summed E-state index contributed by atoms with van der Waals surface area (Å²) in [6.45, 7) is 0. The van der Waals surface area contributed by atoms with Crippen LogP contribution in [0, 0.1) is 0 Å². The lowest BCUT2D eigenvalue weighted by Crippen LogP contribution is -2.38. The number of fused-ring (bicyclic) bond motifs is 12. The maximum atomic E-state index is 10.5. The minimum absolute atomic E-state index is 0.650. The van der Waals surface area contributed by atoms with Crippen molar-refractivity contribution in [3.8, 4) is 0 Å². The minimum atomic E-state index is -0.650. The van der Waals surface area contributed by atoms with Crippen LogP contribution in [0.4, 0.5) is 0 Å². The second-order valence-corrected chi connectivity index (χ2v) is 7.08. The van der Waals surface area contributed by atoms with Crippen LogP contribution < -0.4 is 0 Å². The van der Waals surface area contributed by atoms with Crippen LogP contribution >= 0.6 is 0 Å². The molecule has 0 aromatic heterocycles. The Labute approximate surface area is 124 Å². The molecule has 2 nitrogen and oxygen atoms in total. The molecule has 3 rings (SSSR count). The van der Waals surface area contributed by atoms with Crippen molar-refractivity contribution in [2.45, 2.75) is 101 Å². The minimum Gasteiger partial charge on any atom is -0.386 e. The molecule has 0 heterocycles. The summed E-state index contributed by atoms with van der Waals surface area (Å²) < 4.78 is 0.